The van der Waals surface area contributed by atoms with Gasteiger partial charge in [-0.2, -0.15) is 13.2 Å². The number of rotatable bonds is 2. The number of alkyl halides is 3. The van der Waals surface area contributed by atoms with Gasteiger partial charge in [-0.1, -0.05) is 6.42 Å². The monoisotopic (exact) mass is 225 g/mol. The van der Waals surface area contributed by atoms with Gasteiger partial charge in [-0.15, -0.1) is 0 Å². The third-order valence-corrected chi connectivity index (χ3v) is 2.47. The second-order valence-corrected chi connectivity index (χ2v) is 3.62. The van der Waals surface area contributed by atoms with Crippen LogP contribution in [0.4, 0.5) is 13.2 Å². The van der Waals surface area contributed by atoms with Crippen molar-refractivity contribution in [3.05, 3.63) is 0 Å². The summed E-state index contributed by atoms with van der Waals surface area (Å²) < 4.78 is 41.0. The number of hydrogen-bond donors (Lipinski definition) is 0. The molecule has 1 saturated heterocycles. The molecular weight excluding hydrogens is 211 g/mol. The number of esters is 1. The van der Waals surface area contributed by atoms with Gasteiger partial charge in [-0.25, -0.2) is 0 Å². The lowest BCUT2D eigenvalue weighted by Gasteiger charge is -2.33. The second-order valence-electron chi connectivity index (χ2n) is 3.62. The number of nitrogens with zero attached hydrogens (tertiary/aromatic N) is 1. The maximum absolute atomic E-state index is 12.2. The fraction of sp³-hybridized carbons (Fsp3) is 0.889. The fourth-order valence-corrected chi connectivity index (χ4v) is 1.81. The van der Waals surface area contributed by atoms with E-state index in [2.05, 4.69) is 4.74 Å². The van der Waals surface area contributed by atoms with E-state index in [1.807, 2.05) is 0 Å². The Kier molecular flexibility index (Phi) is 3.96. The van der Waals surface area contributed by atoms with Crippen molar-refractivity contribution in [2.75, 3.05) is 20.2 Å². The third kappa shape index (κ3) is 3.70. The standard InChI is InChI=1S/C9H14F3NO2/c1-15-8(14)7-4-2-3-5-13(7)6-9(10,11)12/h7H,2-6H2,1H3/t7-/m1/s1. The van der Waals surface area contributed by atoms with Crippen LogP contribution >= 0.6 is 0 Å². The molecule has 0 amide bonds. The summed E-state index contributed by atoms with van der Waals surface area (Å²) in [7, 11) is 1.20. The van der Waals surface area contributed by atoms with E-state index in [0.29, 0.717) is 19.4 Å². The fourth-order valence-electron chi connectivity index (χ4n) is 1.81. The molecule has 88 valence electrons. The molecule has 0 aromatic rings. The van der Waals surface area contributed by atoms with Gasteiger partial charge < -0.3 is 4.74 Å². The molecule has 15 heavy (non-hydrogen) atoms. The average Bonchev–Trinajstić information content (AvgIpc) is 2.15. The maximum atomic E-state index is 12.2. The highest BCUT2D eigenvalue weighted by molar-refractivity contribution is 5.75. The van der Waals surface area contributed by atoms with Crippen LogP contribution in [0.15, 0.2) is 0 Å². The summed E-state index contributed by atoms with van der Waals surface area (Å²) in [6.07, 6.45) is -2.34. The van der Waals surface area contributed by atoms with Crippen LogP contribution in [-0.2, 0) is 9.53 Å². The van der Waals surface area contributed by atoms with Crippen molar-refractivity contribution >= 4 is 5.97 Å². The zero-order valence-corrected chi connectivity index (χ0v) is 8.51. The van der Waals surface area contributed by atoms with E-state index >= 15 is 0 Å². The van der Waals surface area contributed by atoms with E-state index in [9.17, 15) is 18.0 Å². The van der Waals surface area contributed by atoms with Gasteiger partial charge in [0.1, 0.15) is 6.04 Å². The van der Waals surface area contributed by atoms with Crippen LogP contribution in [0, 0.1) is 0 Å². The second kappa shape index (κ2) is 4.83. The number of hydrogen-bond acceptors (Lipinski definition) is 3. The lowest BCUT2D eigenvalue weighted by molar-refractivity contribution is -0.166. The van der Waals surface area contributed by atoms with Crippen molar-refractivity contribution in [3.8, 4) is 0 Å². The van der Waals surface area contributed by atoms with Crippen LogP contribution in [0.25, 0.3) is 0 Å². The molecule has 1 aliphatic rings. The van der Waals surface area contributed by atoms with Gasteiger partial charge in [0.05, 0.1) is 13.7 Å². The first-order valence-corrected chi connectivity index (χ1v) is 4.82. The number of methoxy groups -OCH3 is 1. The van der Waals surface area contributed by atoms with Crippen LogP contribution < -0.4 is 0 Å². The lowest BCUT2D eigenvalue weighted by atomic mass is 10.0. The highest BCUT2D eigenvalue weighted by atomic mass is 19.4. The Labute approximate surface area is 86.2 Å². The molecular formula is C9H14F3NO2. The predicted molar refractivity (Wildman–Crippen MR) is 47.3 cm³/mol. The molecule has 0 saturated carbocycles. The van der Waals surface area contributed by atoms with Gasteiger partial charge in [0.25, 0.3) is 0 Å². The Morgan fingerprint density at radius 3 is 2.67 bits per heavy atom. The molecule has 1 rings (SSSR count). The molecule has 0 aromatic heterocycles. The predicted octanol–water partition coefficient (Wildman–Crippen LogP) is 1.58. The van der Waals surface area contributed by atoms with E-state index in [0.717, 1.165) is 11.3 Å². The molecule has 0 aliphatic carbocycles. The SMILES string of the molecule is COC(=O)[C@H]1CCCCN1CC(F)(F)F. The highest BCUT2D eigenvalue weighted by Crippen LogP contribution is 2.24. The van der Waals surface area contributed by atoms with Gasteiger partial charge >= 0.3 is 12.1 Å². The minimum absolute atomic E-state index is 0.305. The highest BCUT2D eigenvalue weighted by Gasteiger charge is 2.37. The van der Waals surface area contributed by atoms with Crippen LogP contribution in [0.2, 0.25) is 0 Å². The summed E-state index contributed by atoms with van der Waals surface area (Å²) in [6.45, 7) is -0.730. The van der Waals surface area contributed by atoms with Gasteiger partial charge in [0, 0.05) is 0 Å². The first-order chi connectivity index (χ1) is 6.94. The van der Waals surface area contributed by atoms with Crippen molar-refractivity contribution in [1.82, 2.24) is 4.90 Å². The van der Waals surface area contributed by atoms with Crippen molar-refractivity contribution in [2.24, 2.45) is 0 Å². The summed E-state index contributed by atoms with van der Waals surface area (Å²) in [6, 6.07) is -0.731. The first-order valence-electron chi connectivity index (χ1n) is 4.82. The number of likely N-dealkylation sites (tertiary alicyclic amines) is 1. The van der Waals surface area contributed by atoms with Crippen LogP contribution in [0.1, 0.15) is 19.3 Å². The molecule has 0 radical (unpaired) electrons. The Hall–Kier alpha value is -0.780. The Bertz CT molecular complexity index is 230. The number of carbonyl (C=O) groups excluding carboxylic acids is 1. The molecule has 0 bridgehead atoms. The van der Waals surface area contributed by atoms with Gasteiger partial charge in [-0.3, -0.25) is 9.69 Å². The summed E-state index contributed by atoms with van der Waals surface area (Å²) in [4.78, 5) is 12.4. The molecule has 1 aliphatic heterocycles. The minimum Gasteiger partial charge on any atom is -0.468 e. The number of carbonyl (C=O) groups is 1. The molecule has 0 aromatic carbocycles. The molecule has 6 heteroatoms. The minimum atomic E-state index is -4.26. The largest absolute Gasteiger partial charge is 0.468 e. The normalized spacial score (nSPS) is 23.9. The molecule has 1 atom stereocenters. The number of ether oxygens (including phenoxy) is 1. The quantitative estimate of drug-likeness (QED) is 0.668. The van der Waals surface area contributed by atoms with Gasteiger partial charge in [0.2, 0.25) is 0 Å². The van der Waals surface area contributed by atoms with Crippen LogP contribution in [-0.4, -0.2) is 43.3 Å². The zero-order chi connectivity index (χ0) is 11.5. The van der Waals surface area contributed by atoms with Gasteiger partial charge in [-0.05, 0) is 19.4 Å². The van der Waals surface area contributed by atoms with E-state index in [-0.39, 0.29) is 0 Å². The average molecular weight is 225 g/mol. The smallest absolute Gasteiger partial charge is 0.401 e. The van der Waals surface area contributed by atoms with Gasteiger partial charge in [0.15, 0.2) is 0 Å². The molecule has 1 heterocycles. The number of halogens is 3. The van der Waals surface area contributed by atoms with Crippen molar-refractivity contribution in [3.63, 3.8) is 0 Å². The van der Waals surface area contributed by atoms with Crippen molar-refractivity contribution in [2.45, 2.75) is 31.5 Å². The number of piperidine rings is 1. The van der Waals surface area contributed by atoms with E-state index in [4.69, 9.17) is 0 Å². The summed E-state index contributed by atoms with van der Waals surface area (Å²) in [5.41, 5.74) is 0. The van der Waals surface area contributed by atoms with Crippen LogP contribution in [0.5, 0.6) is 0 Å². The summed E-state index contributed by atoms with van der Waals surface area (Å²) in [5.74, 6) is -0.570. The molecule has 0 spiro atoms. The third-order valence-electron chi connectivity index (χ3n) is 2.47. The summed E-state index contributed by atoms with van der Waals surface area (Å²) >= 11 is 0. The lowest BCUT2D eigenvalue weighted by Crippen LogP contribution is -2.49. The molecule has 3 nitrogen and oxygen atoms in total. The first kappa shape index (κ1) is 12.3. The van der Waals surface area contributed by atoms with Crippen molar-refractivity contribution < 1.29 is 22.7 Å². The Morgan fingerprint density at radius 2 is 2.13 bits per heavy atom. The molecule has 0 N–H and O–H groups in total. The van der Waals surface area contributed by atoms with E-state index < -0.39 is 24.7 Å². The summed E-state index contributed by atoms with van der Waals surface area (Å²) in [5, 5.41) is 0. The maximum Gasteiger partial charge on any atom is 0.401 e. The van der Waals surface area contributed by atoms with Crippen molar-refractivity contribution in [1.29, 1.82) is 0 Å². The zero-order valence-electron chi connectivity index (χ0n) is 8.51. The topological polar surface area (TPSA) is 29.5 Å². The van der Waals surface area contributed by atoms with Crippen LogP contribution in [0.3, 0.4) is 0 Å². The Balaban J connectivity index is 2.61. The molecule has 0 unspecified atom stereocenters. The Morgan fingerprint density at radius 1 is 1.47 bits per heavy atom. The molecule has 1 fully saturated rings. The van der Waals surface area contributed by atoms with E-state index in [1.54, 1.807) is 0 Å². The van der Waals surface area contributed by atoms with E-state index in [1.165, 1.54) is 7.11 Å².